The van der Waals surface area contributed by atoms with Crippen molar-refractivity contribution in [2.24, 2.45) is 0 Å². The summed E-state index contributed by atoms with van der Waals surface area (Å²) in [6.45, 7) is -0.166. The number of anilines is 1. The number of aromatic nitrogens is 1. The molecule has 0 fully saturated rings. The Morgan fingerprint density at radius 2 is 1.95 bits per heavy atom. The highest BCUT2D eigenvalue weighted by Crippen LogP contribution is 2.19. The predicted octanol–water partition coefficient (Wildman–Crippen LogP) is 1.96. The number of phenols is 1. The number of aromatic hydroxyl groups is 1. The summed E-state index contributed by atoms with van der Waals surface area (Å²) in [5.74, 6) is -0.888. The van der Waals surface area contributed by atoms with E-state index in [4.69, 9.17) is 4.42 Å². The molecular weight excluding hydrogens is 284 g/mol. The predicted molar refractivity (Wildman–Crippen MR) is 82.0 cm³/mol. The van der Waals surface area contributed by atoms with E-state index in [9.17, 15) is 14.7 Å². The number of rotatable bonds is 3. The van der Waals surface area contributed by atoms with Crippen LogP contribution in [0.15, 0.2) is 57.7 Å². The molecular formula is C16H14N2O4. The molecule has 112 valence electrons. The zero-order chi connectivity index (χ0) is 15.7. The fourth-order valence-corrected chi connectivity index (χ4v) is 2.24. The summed E-state index contributed by atoms with van der Waals surface area (Å²) in [5, 5.41) is 9.53. The monoisotopic (exact) mass is 298 g/mol. The summed E-state index contributed by atoms with van der Waals surface area (Å²) in [4.78, 5) is 25.7. The minimum atomic E-state index is -0.629. The molecule has 0 saturated heterocycles. The first kappa shape index (κ1) is 13.9. The summed E-state index contributed by atoms with van der Waals surface area (Å²) in [5.41, 5.74) is 1.45. The number of oxazole rings is 1. The summed E-state index contributed by atoms with van der Waals surface area (Å²) in [6, 6.07) is 13.4. The van der Waals surface area contributed by atoms with E-state index in [1.165, 1.54) is 27.7 Å². The number of nitrogens with zero attached hydrogens (tertiary/aromatic N) is 2. The number of phenolic OH excluding ortho intramolecular Hbond substituents is 1. The molecule has 0 spiro atoms. The van der Waals surface area contributed by atoms with Gasteiger partial charge in [-0.15, -0.1) is 0 Å². The molecule has 1 amide bonds. The standard InChI is InChI=1S/C16H14N2O4/c1-17(11-5-3-2-4-6-11)15(20)10-18-13-9-12(19)7-8-14(13)22-16(18)21/h2-9,19H,10H2,1H3. The Bertz CT molecular complexity index is 880. The van der Waals surface area contributed by atoms with E-state index in [0.29, 0.717) is 11.1 Å². The van der Waals surface area contributed by atoms with Crippen LogP contribution in [-0.4, -0.2) is 22.6 Å². The Balaban J connectivity index is 1.93. The minimum absolute atomic E-state index is 0.00547. The Kier molecular flexibility index (Phi) is 3.42. The van der Waals surface area contributed by atoms with Crippen molar-refractivity contribution in [3.8, 4) is 5.75 Å². The molecule has 3 rings (SSSR count). The number of para-hydroxylation sites is 1. The van der Waals surface area contributed by atoms with E-state index >= 15 is 0 Å². The van der Waals surface area contributed by atoms with E-state index < -0.39 is 5.76 Å². The third kappa shape index (κ3) is 2.46. The molecule has 1 aromatic heterocycles. The van der Waals surface area contributed by atoms with E-state index in [0.717, 1.165) is 5.69 Å². The van der Waals surface area contributed by atoms with Crippen LogP contribution in [0, 0.1) is 0 Å². The summed E-state index contributed by atoms with van der Waals surface area (Å²) in [7, 11) is 1.64. The van der Waals surface area contributed by atoms with Gasteiger partial charge in [-0.2, -0.15) is 0 Å². The van der Waals surface area contributed by atoms with Gasteiger partial charge in [-0.1, -0.05) is 18.2 Å². The van der Waals surface area contributed by atoms with Crippen molar-refractivity contribution in [1.29, 1.82) is 0 Å². The summed E-state index contributed by atoms with van der Waals surface area (Å²) < 4.78 is 6.27. The molecule has 6 heteroatoms. The third-order valence-electron chi connectivity index (χ3n) is 3.46. The number of fused-ring (bicyclic) bond motifs is 1. The fraction of sp³-hybridized carbons (Fsp3) is 0.125. The molecule has 0 saturated carbocycles. The highest BCUT2D eigenvalue weighted by atomic mass is 16.4. The van der Waals surface area contributed by atoms with Gasteiger partial charge in [0.1, 0.15) is 12.3 Å². The summed E-state index contributed by atoms with van der Waals surface area (Å²) >= 11 is 0. The molecule has 0 aliphatic heterocycles. The van der Waals surface area contributed by atoms with Gasteiger partial charge in [0, 0.05) is 18.8 Å². The Morgan fingerprint density at radius 3 is 2.68 bits per heavy atom. The Morgan fingerprint density at radius 1 is 1.23 bits per heavy atom. The number of carbonyl (C=O) groups is 1. The molecule has 1 N–H and O–H groups in total. The molecule has 2 aromatic carbocycles. The Labute approximate surface area is 125 Å². The average Bonchev–Trinajstić information content (AvgIpc) is 2.83. The van der Waals surface area contributed by atoms with Gasteiger partial charge in [0.05, 0.1) is 5.52 Å². The van der Waals surface area contributed by atoms with Gasteiger partial charge >= 0.3 is 5.76 Å². The summed E-state index contributed by atoms with van der Waals surface area (Å²) in [6.07, 6.45) is 0. The normalized spacial score (nSPS) is 10.8. The van der Waals surface area contributed by atoms with Gasteiger partial charge in [-0.3, -0.25) is 9.36 Å². The molecule has 22 heavy (non-hydrogen) atoms. The van der Waals surface area contributed by atoms with Crippen molar-refractivity contribution < 1.29 is 14.3 Å². The lowest BCUT2D eigenvalue weighted by Crippen LogP contribution is -2.32. The van der Waals surface area contributed by atoms with Gasteiger partial charge in [-0.25, -0.2) is 4.79 Å². The van der Waals surface area contributed by atoms with E-state index in [-0.39, 0.29) is 18.2 Å². The minimum Gasteiger partial charge on any atom is -0.508 e. The second kappa shape index (κ2) is 5.40. The molecule has 0 bridgehead atoms. The van der Waals surface area contributed by atoms with Gasteiger partial charge in [-0.05, 0) is 24.3 Å². The van der Waals surface area contributed by atoms with Crippen molar-refractivity contribution in [2.75, 3.05) is 11.9 Å². The van der Waals surface area contributed by atoms with E-state index in [1.807, 2.05) is 18.2 Å². The molecule has 3 aromatic rings. The molecule has 0 radical (unpaired) electrons. The molecule has 0 aliphatic carbocycles. The lowest BCUT2D eigenvalue weighted by molar-refractivity contribution is -0.118. The van der Waals surface area contributed by atoms with Crippen molar-refractivity contribution in [2.45, 2.75) is 6.54 Å². The van der Waals surface area contributed by atoms with Crippen LogP contribution >= 0.6 is 0 Å². The van der Waals surface area contributed by atoms with Crippen LogP contribution in [0.1, 0.15) is 0 Å². The fourth-order valence-electron chi connectivity index (χ4n) is 2.24. The highest BCUT2D eigenvalue weighted by molar-refractivity contribution is 5.93. The van der Waals surface area contributed by atoms with Gasteiger partial charge in [0.15, 0.2) is 5.58 Å². The number of carbonyl (C=O) groups excluding carboxylic acids is 1. The van der Waals surface area contributed by atoms with Crippen molar-refractivity contribution in [3.05, 3.63) is 59.1 Å². The lowest BCUT2D eigenvalue weighted by atomic mass is 10.3. The Hall–Kier alpha value is -3.02. The first-order valence-corrected chi connectivity index (χ1v) is 6.70. The largest absolute Gasteiger partial charge is 0.508 e. The number of benzene rings is 2. The van der Waals surface area contributed by atoms with Crippen LogP contribution in [0.3, 0.4) is 0 Å². The first-order chi connectivity index (χ1) is 10.6. The zero-order valence-corrected chi connectivity index (χ0v) is 11.9. The number of likely N-dealkylation sites (N-methyl/N-ethyl adjacent to an activating group) is 1. The zero-order valence-electron chi connectivity index (χ0n) is 11.9. The number of hydrogen-bond donors (Lipinski definition) is 1. The highest BCUT2D eigenvalue weighted by Gasteiger charge is 2.16. The number of amides is 1. The molecule has 6 nitrogen and oxygen atoms in total. The van der Waals surface area contributed by atoms with Crippen LogP contribution in [0.25, 0.3) is 11.1 Å². The molecule has 0 aliphatic rings. The van der Waals surface area contributed by atoms with Crippen LogP contribution in [0.2, 0.25) is 0 Å². The van der Waals surface area contributed by atoms with Crippen LogP contribution in [0.5, 0.6) is 5.75 Å². The van der Waals surface area contributed by atoms with Crippen LogP contribution < -0.4 is 10.7 Å². The quantitative estimate of drug-likeness (QED) is 0.802. The first-order valence-electron chi connectivity index (χ1n) is 6.70. The van der Waals surface area contributed by atoms with Crippen LogP contribution in [0.4, 0.5) is 5.69 Å². The molecule has 0 atom stereocenters. The lowest BCUT2D eigenvalue weighted by Gasteiger charge is -2.17. The van der Waals surface area contributed by atoms with Crippen molar-refractivity contribution in [1.82, 2.24) is 4.57 Å². The topological polar surface area (TPSA) is 75.7 Å². The van der Waals surface area contributed by atoms with Gasteiger partial charge in [0.2, 0.25) is 5.91 Å². The van der Waals surface area contributed by atoms with E-state index in [1.54, 1.807) is 19.2 Å². The average molecular weight is 298 g/mol. The smallest absolute Gasteiger partial charge is 0.420 e. The SMILES string of the molecule is CN(C(=O)Cn1c(=O)oc2ccc(O)cc21)c1ccccc1. The third-order valence-corrected chi connectivity index (χ3v) is 3.46. The van der Waals surface area contributed by atoms with Crippen molar-refractivity contribution >= 4 is 22.7 Å². The van der Waals surface area contributed by atoms with Gasteiger partial charge in [0.25, 0.3) is 0 Å². The van der Waals surface area contributed by atoms with Gasteiger partial charge < -0.3 is 14.4 Å². The molecule has 1 heterocycles. The second-order valence-electron chi connectivity index (χ2n) is 4.89. The number of hydrogen-bond acceptors (Lipinski definition) is 4. The molecule has 0 unspecified atom stereocenters. The van der Waals surface area contributed by atoms with Crippen molar-refractivity contribution in [3.63, 3.8) is 0 Å². The maximum atomic E-state index is 12.4. The second-order valence-corrected chi connectivity index (χ2v) is 4.89. The maximum Gasteiger partial charge on any atom is 0.420 e. The van der Waals surface area contributed by atoms with Crippen LogP contribution in [-0.2, 0) is 11.3 Å². The van der Waals surface area contributed by atoms with E-state index in [2.05, 4.69) is 0 Å². The maximum absolute atomic E-state index is 12.4.